The number of halogens is 1. The van der Waals surface area contributed by atoms with Crippen molar-refractivity contribution >= 4 is 29.6 Å². The first-order valence-corrected chi connectivity index (χ1v) is 9.80. The van der Waals surface area contributed by atoms with Crippen LogP contribution in [0.25, 0.3) is 0 Å². The minimum atomic E-state index is -0.749. The Morgan fingerprint density at radius 2 is 1.79 bits per heavy atom. The number of nitrogens with zero attached hydrogens (tertiary/aromatic N) is 1. The lowest BCUT2D eigenvalue weighted by molar-refractivity contribution is -0.123. The third kappa shape index (κ3) is 6.91. The van der Waals surface area contributed by atoms with Gasteiger partial charge < -0.3 is 10.1 Å². The van der Waals surface area contributed by atoms with Crippen LogP contribution in [0.2, 0.25) is 5.02 Å². The first-order valence-electron chi connectivity index (χ1n) is 9.43. The van der Waals surface area contributed by atoms with Crippen LogP contribution in [0.5, 0.6) is 5.75 Å². The van der Waals surface area contributed by atoms with Crippen molar-refractivity contribution in [2.45, 2.75) is 39.8 Å². The summed E-state index contributed by atoms with van der Waals surface area (Å²) in [7, 11) is 0. The number of amides is 2. The Kier molecular flexibility index (Phi) is 8.21. The second-order valence-electron chi connectivity index (χ2n) is 7.14. The van der Waals surface area contributed by atoms with Gasteiger partial charge in [-0.05, 0) is 50.1 Å². The minimum absolute atomic E-state index is 0.0196. The number of hydrazone groups is 1. The fraction of sp³-hybridized carbons (Fsp3) is 0.318. The molecular formula is C22H26ClN3O3. The molecule has 0 fully saturated rings. The van der Waals surface area contributed by atoms with Gasteiger partial charge >= 0.3 is 0 Å². The molecule has 6 nitrogen and oxygen atoms in total. The Bertz CT molecular complexity index is 881. The van der Waals surface area contributed by atoms with Crippen LogP contribution in [-0.2, 0) is 4.79 Å². The van der Waals surface area contributed by atoms with Crippen LogP contribution < -0.4 is 15.5 Å². The van der Waals surface area contributed by atoms with Crippen LogP contribution in [0.3, 0.4) is 0 Å². The second-order valence-corrected chi connectivity index (χ2v) is 7.58. The number of nitrogens with one attached hydrogen (secondary N) is 2. The fourth-order valence-corrected chi connectivity index (χ4v) is 2.76. The molecule has 0 aliphatic rings. The highest BCUT2D eigenvalue weighted by atomic mass is 35.5. The zero-order valence-corrected chi connectivity index (χ0v) is 17.7. The first-order chi connectivity index (χ1) is 13.8. The predicted molar refractivity (Wildman–Crippen MR) is 115 cm³/mol. The van der Waals surface area contributed by atoms with Crippen molar-refractivity contribution in [1.82, 2.24) is 10.7 Å². The van der Waals surface area contributed by atoms with Crippen molar-refractivity contribution in [2.24, 2.45) is 11.0 Å². The number of hydrogen-bond donors (Lipinski definition) is 2. The van der Waals surface area contributed by atoms with Gasteiger partial charge in [-0.3, -0.25) is 9.59 Å². The molecule has 2 aromatic carbocycles. The maximum Gasteiger partial charge on any atom is 0.262 e. The molecule has 1 unspecified atom stereocenters. The topological polar surface area (TPSA) is 79.8 Å². The SMILES string of the molecule is CC(C)Oc1ccccc1/C=N\NC(=O)C(NC(=O)c1cccc(Cl)c1)C(C)C. The highest BCUT2D eigenvalue weighted by Crippen LogP contribution is 2.17. The predicted octanol–water partition coefficient (Wildman–Crippen LogP) is 4.03. The number of carbonyl (C=O) groups is 2. The number of ether oxygens (including phenoxy) is 1. The summed E-state index contributed by atoms with van der Waals surface area (Å²) in [6, 6.07) is 13.2. The molecule has 2 amide bonds. The molecule has 154 valence electrons. The molecule has 2 aromatic rings. The molecule has 0 aliphatic heterocycles. The maximum atomic E-state index is 12.6. The summed E-state index contributed by atoms with van der Waals surface area (Å²) in [5, 5.41) is 7.22. The van der Waals surface area contributed by atoms with Gasteiger partial charge in [0.1, 0.15) is 11.8 Å². The Hall–Kier alpha value is -2.86. The molecule has 0 saturated heterocycles. The minimum Gasteiger partial charge on any atom is -0.490 e. The molecule has 0 bridgehead atoms. The molecule has 0 radical (unpaired) electrons. The quantitative estimate of drug-likeness (QED) is 0.504. The zero-order valence-electron chi connectivity index (χ0n) is 17.0. The molecule has 2 N–H and O–H groups in total. The van der Waals surface area contributed by atoms with E-state index in [9.17, 15) is 9.59 Å². The van der Waals surface area contributed by atoms with E-state index in [0.29, 0.717) is 16.3 Å². The average molecular weight is 416 g/mol. The van der Waals surface area contributed by atoms with Gasteiger partial charge in [-0.25, -0.2) is 5.43 Å². The van der Waals surface area contributed by atoms with E-state index in [1.807, 2.05) is 52.0 Å². The van der Waals surface area contributed by atoms with E-state index in [1.54, 1.807) is 24.3 Å². The van der Waals surface area contributed by atoms with Crippen molar-refractivity contribution in [3.8, 4) is 5.75 Å². The summed E-state index contributed by atoms with van der Waals surface area (Å²) in [5.41, 5.74) is 3.62. The van der Waals surface area contributed by atoms with Crippen LogP contribution in [0.15, 0.2) is 53.6 Å². The molecule has 29 heavy (non-hydrogen) atoms. The molecule has 7 heteroatoms. The van der Waals surface area contributed by atoms with Crippen molar-refractivity contribution in [3.05, 3.63) is 64.7 Å². The zero-order chi connectivity index (χ0) is 21.4. The van der Waals surface area contributed by atoms with E-state index < -0.39 is 11.9 Å². The third-order valence-corrected chi connectivity index (χ3v) is 4.22. The van der Waals surface area contributed by atoms with Gasteiger partial charge in [-0.2, -0.15) is 5.10 Å². The van der Waals surface area contributed by atoms with Crippen LogP contribution in [-0.4, -0.2) is 30.2 Å². The van der Waals surface area contributed by atoms with E-state index in [-0.39, 0.29) is 17.9 Å². The number of para-hydroxylation sites is 1. The van der Waals surface area contributed by atoms with Crippen molar-refractivity contribution in [2.75, 3.05) is 0 Å². The normalized spacial score (nSPS) is 12.2. The van der Waals surface area contributed by atoms with Gasteiger partial charge in [0, 0.05) is 16.1 Å². The largest absolute Gasteiger partial charge is 0.490 e. The second kappa shape index (κ2) is 10.6. The maximum absolute atomic E-state index is 12.6. The Balaban J connectivity index is 2.05. The van der Waals surface area contributed by atoms with Crippen molar-refractivity contribution in [1.29, 1.82) is 0 Å². The monoisotopic (exact) mass is 415 g/mol. The lowest BCUT2D eigenvalue weighted by atomic mass is 10.0. The number of hydrogen-bond acceptors (Lipinski definition) is 4. The smallest absolute Gasteiger partial charge is 0.262 e. The fourth-order valence-electron chi connectivity index (χ4n) is 2.57. The van der Waals surface area contributed by atoms with Gasteiger partial charge in [0.25, 0.3) is 11.8 Å². The number of carbonyl (C=O) groups excluding carboxylic acids is 2. The average Bonchev–Trinajstić information content (AvgIpc) is 2.66. The van der Waals surface area contributed by atoms with Crippen LogP contribution in [0.1, 0.15) is 43.6 Å². The van der Waals surface area contributed by atoms with Crippen molar-refractivity contribution < 1.29 is 14.3 Å². The highest BCUT2D eigenvalue weighted by Gasteiger charge is 2.24. The first kappa shape index (κ1) is 22.4. The molecule has 0 aromatic heterocycles. The highest BCUT2D eigenvalue weighted by molar-refractivity contribution is 6.31. The molecule has 0 aliphatic carbocycles. The molecule has 0 spiro atoms. The summed E-state index contributed by atoms with van der Waals surface area (Å²) in [6.07, 6.45) is 1.54. The Labute approximate surface area is 176 Å². The molecule has 2 rings (SSSR count). The Morgan fingerprint density at radius 3 is 2.45 bits per heavy atom. The van der Waals surface area contributed by atoms with E-state index in [0.717, 1.165) is 5.56 Å². The van der Waals surface area contributed by atoms with Gasteiger partial charge in [-0.15, -0.1) is 0 Å². The van der Waals surface area contributed by atoms with Crippen molar-refractivity contribution in [3.63, 3.8) is 0 Å². The molecule has 1 atom stereocenters. The van der Waals surface area contributed by atoms with E-state index in [4.69, 9.17) is 16.3 Å². The lowest BCUT2D eigenvalue weighted by Crippen LogP contribution is -2.48. The standard InChI is InChI=1S/C22H26ClN3O3/c1-14(2)20(25-21(27)16-9-7-10-18(23)12-16)22(28)26-24-13-17-8-5-6-11-19(17)29-15(3)4/h5-15,20H,1-4H3,(H,25,27)(H,26,28)/b24-13-. The van der Waals surface area contributed by atoms with Crippen LogP contribution >= 0.6 is 11.6 Å². The Morgan fingerprint density at radius 1 is 1.07 bits per heavy atom. The van der Waals surface area contributed by atoms with E-state index in [2.05, 4.69) is 15.8 Å². The summed E-state index contributed by atoms with van der Waals surface area (Å²) in [5.74, 6) is -0.241. The van der Waals surface area contributed by atoms with Gasteiger partial charge in [-0.1, -0.05) is 43.6 Å². The summed E-state index contributed by atoms with van der Waals surface area (Å²) in [4.78, 5) is 25.0. The van der Waals surface area contributed by atoms with Gasteiger partial charge in [0.2, 0.25) is 0 Å². The van der Waals surface area contributed by atoms with Crippen LogP contribution in [0.4, 0.5) is 0 Å². The summed E-state index contributed by atoms with van der Waals surface area (Å²) >= 11 is 5.93. The van der Waals surface area contributed by atoms with Crippen LogP contribution in [0, 0.1) is 5.92 Å². The van der Waals surface area contributed by atoms with E-state index >= 15 is 0 Å². The van der Waals surface area contributed by atoms with Gasteiger partial charge in [0.15, 0.2) is 0 Å². The summed E-state index contributed by atoms with van der Waals surface area (Å²) < 4.78 is 5.73. The van der Waals surface area contributed by atoms with E-state index in [1.165, 1.54) is 6.21 Å². The lowest BCUT2D eigenvalue weighted by Gasteiger charge is -2.20. The number of rotatable bonds is 8. The molecular weight excluding hydrogens is 390 g/mol. The molecule has 0 heterocycles. The van der Waals surface area contributed by atoms with Gasteiger partial charge in [0.05, 0.1) is 12.3 Å². The third-order valence-electron chi connectivity index (χ3n) is 3.98. The summed E-state index contributed by atoms with van der Waals surface area (Å²) in [6.45, 7) is 7.56. The molecule has 0 saturated carbocycles. The number of benzene rings is 2.